The maximum atomic E-state index is 12.3. The summed E-state index contributed by atoms with van der Waals surface area (Å²) in [6.07, 6.45) is 0.234. The number of aromatic nitrogens is 3. The molecule has 11 heteroatoms. The molecule has 2 amide bonds. The minimum Gasteiger partial charge on any atom is -0.433 e. The van der Waals surface area contributed by atoms with Gasteiger partial charge in [-0.15, -0.1) is 0 Å². The lowest BCUT2D eigenvalue weighted by Crippen LogP contribution is -2.54. The topological polar surface area (TPSA) is 107 Å². The number of carbonyl (C=O) groups excluding carboxylic acids is 1. The Hall–Kier alpha value is -2.63. The summed E-state index contributed by atoms with van der Waals surface area (Å²) in [5.41, 5.74) is 1.93. The van der Waals surface area contributed by atoms with E-state index < -0.39 is 22.4 Å². The van der Waals surface area contributed by atoms with Crippen LogP contribution in [0.15, 0.2) is 44.5 Å². The Balaban J connectivity index is 0.000000203. The summed E-state index contributed by atoms with van der Waals surface area (Å²) in [6, 6.07) is 7.94. The third-order valence-corrected chi connectivity index (χ3v) is 5.86. The van der Waals surface area contributed by atoms with E-state index in [0.717, 1.165) is 10.2 Å². The zero-order valence-corrected chi connectivity index (χ0v) is 23.8. The van der Waals surface area contributed by atoms with Crippen LogP contribution in [0.2, 0.25) is 0 Å². The molecule has 0 bridgehead atoms. The van der Waals surface area contributed by atoms with Gasteiger partial charge in [-0.1, -0.05) is 21.0 Å². The second-order valence-electron chi connectivity index (χ2n) is 10.0. The zero-order valence-electron chi connectivity index (χ0n) is 20.6. The van der Waals surface area contributed by atoms with E-state index in [9.17, 15) is 14.7 Å². The van der Waals surface area contributed by atoms with Crippen LogP contribution in [0.3, 0.4) is 0 Å². The van der Waals surface area contributed by atoms with E-state index >= 15 is 0 Å². The summed E-state index contributed by atoms with van der Waals surface area (Å²) < 4.78 is 7.68. The molecule has 1 atom stereocenters. The first-order chi connectivity index (χ1) is 16.1. The highest BCUT2D eigenvalue weighted by molar-refractivity contribution is 9.10. The lowest BCUT2D eigenvalue weighted by molar-refractivity contribution is 0.0285. The number of imide groups is 1. The molecule has 35 heavy (non-hydrogen) atoms. The number of aryl methyl sites for hydroxylation is 1. The number of rotatable bonds is 0. The van der Waals surface area contributed by atoms with Crippen LogP contribution in [0.25, 0.3) is 10.9 Å². The Labute approximate surface area is 220 Å². The molecule has 186 valence electrons. The average Bonchev–Trinajstić information content (AvgIpc) is 3.25. The molecule has 3 heterocycles. The number of pyridine rings is 1. The molecule has 0 spiro atoms. The molecule has 0 saturated carbocycles. The van der Waals surface area contributed by atoms with Crippen molar-refractivity contribution in [3.8, 4) is 0 Å². The zero-order chi connectivity index (χ0) is 26.3. The van der Waals surface area contributed by atoms with E-state index in [1.54, 1.807) is 26.8 Å². The van der Waals surface area contributed by atoms with Crippen molar-refractivity contribution in [3.05, 3.63) is 50.7 Å². The van der Waals surface area contributed by atoms with Crippen LogP contribution in [0, 0.1) is 6.92 Å². The van der Waals surface area contributed by atoms with Crippen molar-refractivity contribution >= 4 is 67.0 Å². The number of carboxylic acid groups (broad SMARTS) is 1. The smallest absolute Gasteiger partial charge is 0.433 e. The Morgan fingerprint density at radius 2 is 1.71 bits per heavy atom. The standard InChI is InChI=1S/C12H12BrN3O4.C12H15BrN2/c1-12(2,3)20-11(19)16(10(17)18)9-7(5-15-16)4-8(13)6-14-9;1-8-10-7-9(13)5-6-11(10)15(14-8)12(2,3)4/h4-6H,1-3H3;5-7H,1-4H3/p+1. The Kier molecular flexibility index (Phi) is 7.27. The van der Waals surface area contributed by atoms with Crippen LogP contribution in [0.1, 0.15) is 52.8 Å². The first-order valence-corrected chi connectivity index (χ1v) is 12.4. The van der Waals surface area contributed by atoms with Crippen LogP contribution >= 0.6 is 31.9 Å². The second-order valence-corrected chi connectivity index (χ2v) is 11.9. The third kappa shape index (κ3) is 5.46. The van der Waals surface area contributed by atoms with Gasteiger partial charge in [-0.2, -0.15) is 19.7 Å². The van der Waals surface area contributed by atoms with Gasteiger partial charge in [0.25, 0.3) is 5.82 Å². The molecular weight excluding hydrogens is 582 g/mol. The largest absolute Gasteiger partial charge is 0.561 e. The molecule has 0 saturated heterocycles. The molecule has 3 aromatic rings. The van der Waals surface area contributed by atoms with Gasteiger partial charge >= 0.3 is 12.2 Å². The minimum atomic E-state index is -1.47. The van der Waals surface area contributed by atoms with Gasteiger partial charge in [0.15, 0.2) is 0 Å². The Bertz CT molecular complexity index is 1340. The number of quaternary nitrogens is 1. The fraction of sp³-hybridized carbons (Fsp3) is 0.375. The molecule has 1 aromatic carbocycles. The van der Waals surface area contributed by atoms with Gasteiger partial charge in [0.1, 0.15) is 5.60 Å². The molecule has 4 rings (SSSR count). The molecule has 0 fully saturated rings. The monoisotopic (exact) mass is 608 g/mol. The molecule has 0 radical (unpaired) electrons. The van der Waals surface area contributed by atoms with E-state index in [2.05, 4.69) is 97.6 Å². The number of amides is 2. The summed E-state index contributed by atoms with van der Waals surface area (Å²) in [5.74, 6) is 0.00921. The van der Waals surface area contributed by atoms with Crippen molar-refractivity contribution < 1.29 is 19.4 Å². The quantitative estimate of drug-likeness (QED) is 0.276. The van der Waals surface area contributed by atoms with Gasteiger partial charge in [-0.3, -0.25) is 4.68 Å². The maximum absolute atomic E-state index is 12.3. The van der Waals surface area contributed by atoms with E-state index in [1.807, 2.05) is 0 Å². The molecule has 1 aliphatic heterocycles. The van der Waals surface area contributed by atoms with Crippen molar-refractivity contribution in [3.63, 3.8) is 0 Å². The number of hydrogen-bond donors (Lipinski definition) is 1. The highest BCUT2D eigenvalue weighted by Gasteiger charge is 2.57. The first-order valence-electron chi connectivity index (χ1n) is 10.8. The minimum absolute atomic E-state index is 0.00921. The number of fused-ring (bicyclic) bond motifs is 2. The summed E-state index contributed by atoms with van der Waals surface area (Å²) in [6.45, 7) is 13.5. The molecular formula is C24H28Br2N5O4+. The number of ether oxygens (including phenoxy) is 1. The highest BCUT2D eigenvalue weighted by Crippen LogP contribution is 2.34. The molecule has 1 unspecified atom stereocenters. The molecule has 2 aromatic heterocycles. The number of carbonyl (C=O) groups is 2. The summed E-state index contributed by atoms with van der Waals surface area (Å²) in [5, 5.41) is 19.1. The van der Waals surface area contributed by atoms with Crippen LogP contribution < -0.4 is 4.59 Å². The molecule has 0 aliphatic carbocycles. The fourth-order valence-corrected chi connectivity index (χ4v) is 4.16. The van der Waals surface area contributed by atoms with Crippen molar-refractivity contribution in [1.29, 1.82) is 0 Å². The Morgan fingerprint density at radius 1 is 1.06 bits per heavy atom. The third-order valence-electron chi connectivity index (χ3n) is 4.93. The summed E-state index contributed by atoms with van der Waals surface area (Å²) >= 11 is 6.72. The lowest BCUT2D eigenvalue weighted by Gasteiger charge is -2.23. The van der Waals surface area contributed by atoms with Crippen molar-refractivity contribution in [2.24, 2.45) is 5.10 Å². The normalized spacial score (nSPS) is 17.1. The van der Waals surface area contributed by atoms with Crippen LogP contribution in [-0.2, 0) is 10.3 Å². The fourth-order valence-electron chi connectivity index (χ4n) is 3.45. The van der Waals surface area contributed by atoms with Gasteiger partial charge in [0, 0.05) is 20.5 Å². The van der Waals surface area contributed by atoms with E-state index in [-0.39, 0.29) is 11.4 Å². The van der Waals surface area contributed by atoms with Crippen LogP contribution in [0.5, 0.6) is 0 Å². The SMILES string of the molecule is CC(C)(C)OC(=O)[N+]1(C(=O)O)N=Cc2cc(Br)cnc21.Cc1nn(C(C)(C)C)c2ccc(Br)cc12. The van der Waals surface area contributed by atoms with Crippen molar-refractivity contribution in [2.45, 2.75) is 59.6 Å². The predicted octanol–water partition coefficient (Wildman–Crippen LogP) is 6.97. The van der Waals surface area contributed by atoms with Gasteiger partial charge in [-0.25, -0.2) is 0 Å². The second kappa shape index (κ2) is 9.44. The summed E-state index contributed by atoms with van der Waals surface area (Å²) in [4.78, 5) is 27.9. The van der Waals surface area contributed by atoms with Crippen LogP contribution in [-0.4, -0.2) is 43.9 Å². The van der Waals surface area contributed by atoms with Crippen LogP contribution in [0.4, 0.5) is 15.4 Å². The number of nitrogens with zero attached hydrogens (tertiary/aromatic N) is 5. The lowest BCUT2D eigenvalue weighted by atomic mass is 10.1. The van der Waals surface area contributed by atoms with Crippen molar-refractivity contribution in [2.75, 3.05) is 0 Å². The highest BCUT2D eigenvalue weighted by atomic mass is 79.9. The molecule has 1 aliphatic rings. The molecule has 1 N–H and O–H groups in total. The van der Waals surface area contributed by atoms with E-state index in [4.69, 9.17) is 4.74 Å². The molecule has 9 nitrogen and oxygen atoms in total. The van der Waals surface area contributed by atoms with Gasteiger partial charge < -0.3 is 9.84 Å². The number of halogens is 2. The van der Waals surface area contributed by atoms with Gasteiger partial charge in [-0.05, 0) is 88.7 Å². The van der Waals surface area contributed by atoms with Gasteiger partial charge in [0.2, 0.25) is 0 Å². The predicted molar refractivity (Wildman–Crippen MR) is 143 cm³/mol. The number of hydrogen-bond acceptors (Lipinski definition) is 6. The average molecular weight is 610 g/mol. The van der Waals surface area contributed by atoms with E-state index in [0.29, 0.717) is 10.0 Å². The van der Waals surface area contributed by atoms with Gasteiger partial charge in [0.05, 0.1) is 33.1 Å². The summed E-state index contributed by atoms with van der Waals surface area (Å²) in [7, 11) is 0. The Morgan fingerprint density at radius 3 is 2.29 bits per heavy atom. The number of benzene rings is 1. The van der Waals surface area contributed by atoms with Crippen molar-refractivity contribution in [1.82, 2.24) is 19.4 Å². The van der Waals surface area contributed by atoms with E-state index in [1.165, 1.54) is 23.3 Å². The first kappa shape index (κ1) is 27.0. The maximum Gasteiger partial charge on any atom is 0.561 e.